The minimum absolute atomic E-state index is 0.220. The highest BCUT2D eigenvalue weighted by Crippen LogP contribution is 2.43. The van der Waals surface area contributed by atoms with E-state index in [2.05, 4.69) is 0 Å². The van der Waals surface area contributed by atoms with Crippen LogP contribution in [0.5, 0.6) is 5.75 Å². The Morgan fingerprint density at radius 2 is 2.17 bits per heavy atom. The second-order valence-corrected chi connectivity index (χ2v) is 3.65. The lowest BCUT2D eigenvalue weighted by molar-refractivity contribution is 0.468. The molecule has 2 unspecified atom stereocenters. The summed E-state index contributed by atoms with van der Waals surface area (Å²) in [5, 5.41) is 10.0. The Balaban J connectivity index is 2.33. The Bertz CT molecular complexity index is 313. The molecule has 1 aliphatic rings. The van der Waals surface area contributed by atoms with E-state index in [1.165, 1.54) is 0 Å². The van der Waals surface area contributed by atoms with Crippen LogP contribution in [0.4, 0.5) is 0 Å². The van der Waals surface area contributed by atoms with Crippen LogP contribution in [0.25, 0.3) is 0 Å². The highest BCUT2D eigenvalue weighted by molar-refractivity contribution is 6.30. The molecule has 0 aliphatic heterocycles. The molecule has 3 N–H and O–H groups in total. The SMILES string of the molecule is NC1CC1c1ccc(Cl)cc1O. The number of hydrogen-bond donors (Lipinski definition) is 2. The molecule has 0 heterocycles. The van der Waals surface area contributed by atoms with Crippen molar-refractivity contribution in [3.63, 3.8) is 0 Å². The van der Waals surface area contributed by atoms with Crippen LogP contribution in [0.3, 0.4) is 0 Å². The van der Waals surface area contributed by atoms with Crippen molar-refractivity contribution in [1.29, 1.82) is 0 Å². The fourth-order valence-electron chi connectivity index (χ4n) is 1.40. The van der Waals surface area contributed by atoms with Gasteiger partial charge in [-0.3, -0.25) is 0 Å². The zero-order valence-corrected chi connectivity index (χ0v) is 7.25. The van der Waals surface area contributed by atoms with Crippen molar-refractivity contribution in [1.82, 2.24) is 0 Å². The third-order valence-electron chi connectivity index (χ3n) is 2.23. The first-order valence-corrected chi connectivity index (χ1v) is 4.30. The number of halogens is 1. The molecule has 0 amide bonds. The summed E-state index contributed by atoms with van der Waals surface area (Å²) >= 11 is 5.69. The second-order valence-electron chi connectivity index (χ2n) is 3.21. The molecule has 2 atom stereocenters. The number of aromatic hydroxyl groups is 1. The maximum absolute atomic E-state index is 9.48. The van der Waals surface area contributed by atoms with Gasteiger partial charge in [0, 0.05) is 17.0 Å². The smallest absolute Gasteiger partial charge is 0.120 e. The largest absolute Gasteiger partial charge is 0.508 e. The van der Waals surface area contributed by atoms with Crippen molar-refractivity contribution in [2.24, 2.45) is 5.73 Å². The molecule has 2 rings (SSSR count). The molecule has 0 aromatic heterocycles. The molecule has 0 spiro atoms. The van der Waals surface area contributed by atoms with E-state index >= 15 is 0 Å². The highest BCUT2D eigenvalue weighted by Gasteiger charge is 2.36. The van der Waals surface area contributed by atoms with Gasteiger partial charge < -0.3 is 10.8 Å². The van der Waals surface area contributed by atoms with Crippen LogP contribution in [-0.4, -0.2) is 11.1 Å². The van der Waals surface area contributed by atoms with Crippen LogP contribution < -0.4 is 5.73 Å². The van der Waals surface area contributed by atoms with Gasteiger partial charge in [0.15, 0.2) is 0 Å². The minimum atomic E-state index is 0.220. The van der Waals surface area contributed by atoms with Crippen molar-refractivity contribution < 1.29 is 5.11 Å². The van der Waals surface area contributed by atoms with Crippen molar-refractivity contribution in [2.45, 2.75) is 18.4 Å². The number of rotatable bonds is 1. The second kappa shape index (κ2) is 2.64. The van der Waals surface area contributed by atoms with Gasteiger partial charge in [0.05, 0.1) is 0 Å². The summed E-state index contributed by atoms with van der Waals surface area (Å²) in [6.45, 7) is 0. The summed E-state index contributed by atoms with van der Waals surface area (Å²) in [7, 11) is 0. The minimum Gasteiger partial charge on any atom is -0.508 e. The Labute approximate surface area is 76.0 Å². The van der Waals surface area contributed by atoms with Crippen molar-refractivity contribution in [3.8, 4) is 5.75 Å². The van der Waals surface area contributed by atoms with Crippen molar-refractivity contribution in [3.05, 3.63) is 28.8 Å². The van der Waals surface area contributed by atoms with E-state index in [9.17, 15) is 5.11 Å². The molecule has 3 heteroatoms. The van der Waals surface area contributed by atoms with Crippen molar-refractivity contribution in [2.75, 3.05) is 0 Å². The molecular formula is C9H10ClNO. The monoisotopic (exact) mass is 183 g/mol. The molecule has 0 radical (unpaired) electrons. The lowest BCUT2D eigenvalue weighted by Gasteiger charge is -2.02. The van der Waals surface area contributed by atoms with E-state index in [0.29, 0.717) is 10.9 Å². The van der Waals surface area contributed by atoms with E-state index in [1.807, 2.05) is 6.07 Å². The molecule has 1 aliphatic carbocycles. The van der Waals surface area contributed by atoms with Gasteiger partial charge in [-0.25, -0.2) is 0 Å². The third-order valence-corrected chi connectivity index (χ3v) is 2.47. The average Bonchev–Trinajstić information content (AvgIpc) is 2.66. The summed E-state index contributed by atoms with van der Waals surface area (Å²) in [5.41, 5.74) is 6.58. The van der Waals surface area contributed by atoms with Gasteiger partial charge in [-0.1, -0.05) is 17.7 Å². The zero-order chi connectivity index (χ0) is 8.72. The number of hydrogen-bond acceptors (Lipinski definition) is 2. The molecule has 0 saturated heterocycles. The first kappa shape index (κ1) is 7.90. The van der Waals surface area contributed by atoms with Gasteiger partial charge in [-0.2, -0.15) is 0 Å². The summed E-state index contributed by atoms with van der Waals surface area (Å²) in [6, 6.07) is 5.40. The predicted molar refractivity (Wildman–Crippen MR) is 48.5 cm³/mol. The number of phenols is 1. The molecule has 1 saturated carbocycles. The fourth-order valence-corrected chi connectivity index (χ4v) is 1.57. The fraction of sp³-hybridized carbons (Fsp3) is 0.333. The molecule has 64 valence electrons. The maximum atomic E-state index is 9.48. The molecule has 0 bridgehead atoms. The third kappa shape index (κ3) is 1.28. The van der Waals surface area contributed by atoms with E-state index in [-0.39, 0.29) is 11.8 Å². The topological polar surface area (TPSA) is 46.2 Å². The van der Waals surface area contributed by atoms with Gasteiger partial charge in [0.2, 0.25) is 0 Å². The summed E-state index contributed by atoms with van der Waals surface area (Å²) < 4.78 is 0. The van der Waals surface area contributed by atoms with Crippen LogP contribution in [0.2, 0.25) is 5.02 Å². The Kier molecular flexibility index (Phi) is 1.74. The van der Waals surface area contributed by atoms with Crippen molar-refractivity contribution >= 4 is 11.6 Å². The van der Waals surface area contributed by atoms with E-state index < -0.39 is 0 Å². The Morgan fingerprint density at radius 1 is 1.50 bits per heavy atom. The standard InChI is InChI=1S/C9H10ClNO/c10-5-1-2-6(9(12)3-5)7-4-8(7)11/h1-3,7-8,12H,4,11H2. The predicted octanol–water partition coefficient (Wildman–Crippen LogP) is 1.86. The van der Waals surface area contributed by atoms with Crippen LogP contribution in [0.1, 0.15) is 17.9 Å². The highest BCUT2D eigenvalue weighted by atomic mass is 35.5. The molecule has 2 nitrogen and oxygen atoms in total. The van der Waals surface area contributed by atoms with Gasteiger partial charge in [0.25, 0.3) is 0 Å². The van der Waals surface area contributed by atoms with Crippen LogP contribution >= 0.6 is 11.6 Å². The normalized spacial score (nSPS) is 27.2. The number of phenolic OH excluding ortho intramolecular Hbond substituents is 1. The lowest BCUT2D eigenvalue weighted by atomic mass is 10.1. The van der Waals surface area contributed by atoms with Crippen LogP contribution in [-0.2, 0) is 0 Å². The van der Waals surface area contributed by atoms with E-state index in [4.69, 9.17) is 17.3 Å². The zero-order valence-electron chi connectivity index (χ0n) is 6.50. The van der Waals surface area contributed by atoms with Gasteiger partial charge >= 0.3 is 0 Å². The number of benzene rings is 1. The molecule has 1 fully saturated rings. The maximum Gasteiger partial charge on any atom is 0.120 e. The molecule has 12 heavy (non-hydrogen) atoms. The van der Waals surface area contributed by atoms with E-state index in [0.717, 1.165) is 12.0 Å². The first-order valence-electron chi connectivity index (χ1n) is 3.92. The molecule has 1 aromatic carbocycles. The average molecular weight is 184 g/mol. The first-order chi connectivity index (χ1) is 5.68. The van der Waals surface area contributed by atoms with Crippen LogP contribution in [0.15, 0.2) is 18.2 Å². The molecular weight excluding hydrogens is 174 g/mol. The number of nitrogens with two attached hydrogens (primary N) is 1. The van der Waals surface area contributed by atoms with Gasteiger partial charge in [0.1, 0.15) is 5.75 Å². The lowest BCUT2D eigenvalue weighted by Crippen LogP contribution is -2.00. The quantitative estimate of drug-likeness (QED) is 0.698. The Morgan fingerprint density at radius 3 is 2.67 bits per heavy atom. The summed E-state index contributed by atoms with van der Waals surface area (Å²) in [4.78, 5) is 0. The molecule has 1 aromatic rings. The van der Waals surface area contributed by atoms with Gasteiger partial charge in [-0.05, 0) is 24.1 Å². The van der Waals surface area contributed by atoms with Gasteiger partial charge in [-0.15, -0.1) is 0 Å². The Hall–Kier alpha value is -0.730. The van der Waals surface area contributed by atoms with E-state index in [1.54, 1.807) is 12.1 Å². The summed E-state index contributed by atoms with van der Waals surface area (Å²) in [6.07, 6.45) is 0.967. The van der Waals surface area contributed by atoms with Crippen LogP contribution in [0, 0.1) is 0 Å². The summed E-state index contributed by atoms with van der Waals surface area (Å²) in [5.74, 6) is 0.600.